The van der Waals surface area contributed by atoms with Crippen LogP contribution in [0.2, 0.25) is 0 Å². The van der Waals surface area contributed by atoms with Gasteiger partial charge in [0.15, 0.2) is 0 Å². The molecule has 1 aromatic carbocycles. The highest BCUT2D eigenvalue weighted by Crippen LogP contribution is 2.23. The van der Waals surface area contributed by atoms with Crippen LogP contribution >= 0.6 is 0 Å². The van der Waals surface area contributed by atoms with Crippen molar-refractivity contribution in [2.45, 2.75) is 32.1 Å². The summed E-state index contributed by atoms with van der Waals surface area (Å²) in [6, 6.07) is 5.45. The van der Waals surface area contributed by atoms with Gasteiger partial charge in [-0.1, -0.05) is 32.9 Å². The van der Waals surface area contributed by atoms with Crippen LogP contribution in [0.3, 0.4) is 0 Å². The Morgan fingerprint density at radius 3 is 2.40 bits per heavy atom. The average molecular weight is 302 g/mol. The number of hydrogen-bond donors (Lipinski definition) is 1. The second-order valence-electron chi connectivity index (χ2n) is 5.64. The summed E-state index contributed by atoms with van der Waals surface area (Å²) in [6.45, 7) is 6.66. The van der Waals surface area contributed by atoms with E-state index in [0.29, 0.717) is 19.5 Å². The zero-order valence-corrected chi connectivity index (χ0v) is 13.1. The summed E-state index contributed by atoms with van der Waals surface area (Å²) in [6.07, 6.45) is 0.661. The van der Waals surface area contributed by atoms with E-state index in [0.717, 1.165) is 6.07 Å². The summed E-state index contributed by atoms with van der Waals surface area (Å²) < 4.78 is 40.3. The first-order chi connectivity index (χ1) is 9.24. The summed E-state index contributed by atoms with van der Waals surface area (Å²) >= 11 is 0. The molecule has 1 rings (SSSR count). The Labute approximate surface area is 120 Å². The van der Waals surface area contributed by atoms with Crippen LogP contribution in [0.15, 0.2) is 29.2 Å². The number of benzene rings is 1. The lowest BCUT2D eigenvalue weighted by molar-refractivity contribution is 0.266. The van der Waals surface area contributed by atoms with Crippen molar-refractivity contribution in [1.82, 2.24) is 4.31 Å². The minimum Gasteiger partial charge on any atom is -0.330 e. The molecular weight excluding hydrogens is 279 g/mol. The fraction of sp³-hybridized carbons (Fsp3) is 0.571. The maximum Gasteiger partial charge on any atom is 0.246 e. The molecule has 0 aliphatic heterocycles. The summed E-state index contributed by atoms with van der Waals surface area (Å²) in [5, 5.41) is 0. The Balaban J connectivity index is 3.17. The lowest BCUT2D eigenvalue weighted by Gasteiger charge is -2.31. The zero-order chi connectivity index (χ0) is 15.4. The van der Waals surface area contributed by atoms with Crippen LogP contribution in [0, 0.1) is 11.2 Å². The van der Waals surface area contributed by atoms with E-state index < -0.39 is 15.8 Å². The molecule has 4 nitrogen and oxygen atoms in total. The molecule has 0 amide bonds. The predicted molar refractivity (Wildman–Crippen MR) is 78.3 cm³/mol. The molecule has 0 atom stereocenters. The first kappa shape index (κ1) is 17.1. The van der Waals surface area contributed by atoms with E-state index in [4.69, 9.17) is 5.73 Å². The number of halogens is 1. The van der Waals surface area contributed by atoms with E-state index in [1.54, 1.807) is 0 Å². The summed E-state index contributed by atoms with van der Waals surface area (Å²) in [5.74, 6) is -0.723. The largest absolute Gasteiger partial charge is 0.330 e. The van der Waals surface area contributed by atoms with Gasteiger partial charge in [-0.15, -0.1) is 0 Å². The van der Waals surface area contributed by atoms with Crippen molar-refractivity contribution >= 4 is 10.0 Å². The second-order valence-corrected chi connectivity index (χ2v) is 7.54. The molecule has 6 heteroatoms. The van der Waals surface area contributed by atoms with Crippen molar-refractivity contribution in [3.63, 3.8) is 0 Å². The third kappa shape index (κ3) is 4.01. The second kappa shape index (κ2) is 6.65. The number of sulfonamides is 1. The van der Waals surface area contributed by atoms with E-state index in [9.17, 15) is 12.8 Å². The first-order valence-corrected chi connectivity index (χ1v) is 8.13. The number of nitrogens with zero attached hydrogens (tertiary/aromatic N) is 1. The van der Waals surface area contributed by atoms with Gasteiger partial charge in [0.25, 0.3) is 0 Å². The standard InChI is InChI=1S/C14H23FN2O2S/c1-4-9-17(11-14(2,3)10-16)20(18,19)13-8-6-5-7-12(13)15/h5-8H,4,9-11,16H2,1-3H3. The van der Waals surface area contributed by atoms with Crippen LogP contribution in [0.5, 0.6) is 0 Å². The fourth-order valence-electron chi connectivity index (χ4n) is 1.87. The predicted octanol–water partition coefficient (Wildman–Crippen LogP) is 2.21. The minimum atomic E-state index is -3.83. The van der Waals surface area contributed by atoms with Gasteiger partial charge in [0.2, 0.25) is 10.0 Å². The Bertz CT molecular complexity index is 544. The number of rotatable bonds is 7. The van der Waals surface area contributed by atoms with E-state index in [1.807, 2.05) is 20.8 Å². The Morgan fingerprint density at radius 1 is 1.30 bits per heavy atom. The van der Waals surface area contributed by atoms with Crippen molar-refractivity contribution in [3.8, 4) is 0 Å². The fourth-order valence-corrected chi connectivity index (χ4v) is 3.65. The van der Waals surface area contributed by atoms with Gasteiger partial charge in [-0.2, -0.15) is 4.31 Å². The van der Waals surface area contributed by atoms with Crippen LogP contribution in [0.4, 0.5) is 4.39 Å². The lowest BCUT2D eigenvalue weighted by atomic mass is 9.94. The van der Waals surface area contributed by atoms with Gasteiger partial charge >= 0.3 is 0 Å². The molecule has 2 N–H and O–H groups in total. The Kier molecular flexibility index (Phi) is 5.68. The van der Waals surface area contributed by atoms with Gasteiger partial charge in [-0.25, -0.2) is 12.8 Å². The molecule has 0 saturated heterocycles. The molecule has 114 valence electrons. The molecule has 0 saturated carbocycles. The van der Waals surface area contributed by atoms with Crippen molar-refractivity contribution in [3.05, 3.63) is 30.1 Å². The van der Waals surface area contributed by atoms with Gasteiger partial charge in [0.05, 0.1) is 0 Å². The topological polar surface area (TPSA) is 63.4 Å². The van der Waals surface area contributed by atoms with Crippen LogP contribution in [0.1, 0.15) is 27.2 Å². The third-order valence-electron chi connectivity index (χ3n) is 3.08. The molecule has 0 spiro atoms. The van der Waals surface area contributed by atoms with E-state index in [1.165, 1.54) is 22.5 Å². The summed E-state index contributed by atoms with van der Waals surface area (Å²) in [4.78, 5) is -0.277. The third-order valence-corrected chi connectivity index (χ3v) is 4.96. The summed E-state index contributed by atoms with van der Waals surface area (Å²) in [5.41, 5.74) is 5.31. The average Bonchev–Trinajstić information content (AvgIpc) is 2.38. The maximum absolute atomic E-state index is 13.8. The van der Waals surface area contributed by atoms with Gasteiger partial charge in [0, 0.05) is 13.1 Å². The first-order valence-electron chi connectivity index (χ1n) is 6.69. The molecule has 0 heterocycles. The normalized spacial score (nSPS) is 12.9. The zero-order valence-electron chi connectivity index (χ0n) is 12.3. The Hall–Kier alpha value is -0.980. The highest BCUT2D eigenvalue weighted by Gasteiger charge is 2.31. The molecule has 0 aromatic heterocycles. The van der Waals surface area contributed by atoms with Crippen LogP contribution in [0.25, 0.3) is 0 Å². The number of nitrogens with two attached hydrogens (primary N) is 1. The van der Waals surface area contributed by atoms with Gasteiger partial charge < -0.3 is 5.73 Å². The van der Waals surface area contributed by atoms with Crippen LogP contribution < -0.4 is 5.73 Å². The van der Waals surface area contributed by atoms with Gasteiger partial charge in [-0.3, -0.25) is 0 Å². The number of hydrogen-bond acceptors (Lipinski definition) is 3. The SMILES string of the molecule is CCCN(CC(C)(C)CN)S(=O)(=O)c1ccccc1F. The minimum absolute atomic E-state index is 0.272. The van der Waals surface area contributed by atoms with Crippen molar-refractivity contribution in [1.29, 1.82) is 0 Å². The van der Waals surface area contributed by atoms with Crippen LogP contribution in [-0.4, -0.2) is 32.4 Å². The molecular formula is C14H23FN2O2S. The molecule has 0 bridgehead atoms. The highest BCUT2D eigenvalue weighted by molar-refractivity contribution is 7.89. The maximum atomic E-state index is 13.8. The molecule has 0 radical (unpaired) electrons. The van der Waals surface area contributed by atoms with Crippen molar-refractivity contribution < 1.29 is 12.8 Å². The quantitative estimate of drug-likeness (QED) is 0.840. The van der Waals surface area contributed by atoms with Crippen molar-refractivity contribution in [2.75, 3.05) is 19.6 Å². The van der Waals surface area contributed by atoms with Gasteiger partial charge in [0.1, 0.15) is 10.7 Å². The monoisotopic (exact) mass is 302 g/mol. The van der Waals surface area contributed by atoms with Crippen molar-refractivity contribution in [2.24, 2.45) is 11.1 Å². The van der Waals surface area contributed by atoms with E-state index in [2.05, 4.69) is 0 Å². The molecule has 0 unspecified atom stereocenters. The molecule has 0 fully saturated rings. The van der Waals surface area contributed by atoms with Gasteiger partial charge in [-0.05, 0) is 30.5 Å². The smallest absolute Gasteiger partial charge is 0.246 e. The molecule has 0 aliphatic carbocycles. The summed E-state index contributed by atoms with van der Waals surface area (Å²) in [7, 11) is -3.83. The highest BCUT2D eigenvalue weighted by atomic mass is 32.2. The Morgan fingerprint density at radius 2 is 1.90 bits per heavy atom. The molecule has 20 heavy (non-hydrogen) atoms. The van der Waals surface area contributed by atoms with Crippen LogP contribution in [-0.2, 0) is 10.0 Å². The molecule has 1 aromatic rings. The lowest BCUT2D eigenvalue weighted by Crippen LogP contribution is -2.42. The van der Waals surface area contributed by atoms with E-state index in [-0.39, 0.29) is 16.9 Å². The van der Waals surface area contributed by atoms with E-state index >= 15 is 0 Å². The molecule has 0 aliphatic rings.